The number of nitrogens with one attached hydrogen (secondary N) is 1. The Morgan fingerprint density at radius 2 is 1.52 bits per heavy atom. The Morgan fingerprint density at radius 3 is 2.13 bits per heavy atom. The summed E-state index contributed by atoms with van der Waals surface area (Å²) in [5, 5.41) is 0. The Morgan fingerprint density at radius 1 is 0.913 bits per heavy atom. The van der Waals surface area contributed by atoms with Crippen LogP contribution in [-0.2, 0) is 10.0 Å². The maximum atomic E-state index is 13.3. The van der Waals surface area contributed by atoms with Crippen LogP contribution in [0.25, 0.3) is 0 Å². The molecule has 0 aliphatic heterocycles. The molecule has 2 aromatic carbocycles. The zero-order chi connectivity index (χ0) is 17.4. The average molecular weight is 335 g/mol. The molecule has 124 valence electrons. The maximum Gasteiger partial charge on any atom is 0.241 e. The predicted molar refractivity (Wildman–Crippen MR) is 90.5 cm³/mol. The number of benzene rings is 2. The third kappa shape index (κ3) is 3.79. The van der Waals surface area contributed by atoms with Crippen LogP contribution in [0.3, 0.4) is 0 Å². The summed E-state index contributed by atoms with van der Waals surface area (Å²) in [5.74, 6) is -0.415. The second kappa shape index (κ2) is 6.42. The maximum absolute atomic E-state index is 13.3. The molecule has 0 saturated carbocycles. The summed E-state index contributed by atoms with van der Waals surface area (Å²) < 4.78 is 41.0. The van der Waals surface area contributed by atoms with Crippen LogP contribution in [-0.4, -0.2) is 8.42 Å². The van der Waals surface area contributed by atoms with E-state index in [2.05, 4.69) is 10.8 Å². The summed E-state index contributed by atoms with van der Waals surface area (Å²) in [6, 6.07) is 7.49. The van der Waals surface area contributed by atoms with Gasteiger partial charge in [0.1, 0.15) is 5.82 Å². The van der Waals surface area contributed by atoms with Gasteiger partial charge in [-0.2, -0.15) is 0 Å². The van der Waals surface area contributed by atoms with E-state index in [1.807, 2.05) is 33.8 Å². The number of hydrogen-bond donors (Lipinski definition) is 1. The zero-order valence-electron chi connectivity index (χ0n) is 14.1. The lowest BCUT2D eigenvalue weighted by Gasteiger charge is -2.18. The van der Waals surface area contributed by atoms with Crippen molar-refractivity contribution in [2.45, 2.75) is 45.6 Å². The number of halogens is 1. The average Bonchev–Trinajstić information content (AvgIpc) is 2.45. The topological polar surface area (TPSA) is 46.2 Å². The molecule has 1 atom stereocenters. The molecule has 0 unspecified atom stereocenters. The van der Waals surface area contributed by atoms with Gasteiger partial charge in [0.2, 0.25) is 10.0 Å². The first-order valence-electron chi connectivity index (χ1n) is 7.48. The molecule has 0 amide bonds. The van der Waals surface area contributed by atoms with Crippen molar-refractivity contribution in [2.24, 2.45) is 0 Å². The van der Waals surface area contributed by atoms with Gasteiger partial charge in [-0.15, -0.1) is 0 Å². The number of rotatable bonds is 4. The highest BCUT2D eigenvalue weighted by Gasteiger charge is 2.20. The number of sulfonamides is 1. The molecule has 0 radical (unpaired) electrons. The van der Waals surface area contributed by atoms with Gasteiger partial charge in [0.05, 0.1) is 4.90 Å². The van der Waals surface area contributed by atoms with Crippen LogP contribution in [0.1, 0.15) is 40.8 Å². The SMILES string of the molecule is Cc1cc(C)c([C@@H](C)NS(=O)(=O)c2ccc(F)c(C)c2)cc1C. The van der Waals surface area contributed by atoms with Crippen molar-refractivity contribution >= 4 is 10.0 Å². The smallest absolute Gasteiger partial charge is 0.207 e. The minimum Gasteiger partial charge on any atom is -0.207 e. The Bertz CT molecular complexity index is 844. The van der Waals surface area contributed by atoms with Gasteiger partial charge in [-0.3, -0.25) is 0 Å². The molecule has 0 heterocycles. The highest BCUT2D eigenvalue weighted by Crippen LogP contribution is 2.24. The Kier molecular flexibility index (Phi) is 4.92. The van der Waals surface area contributed by atoms with Crippen LogP contribution in [0.15, 0.2) is 35.2 Å². The largest absolute Gasteiger partial charge is 0.241 e. The summed E-state index contributed by atoms with van der Waals surface area (Å²) in [5.41, 5.74) is 4.58. The van der Waals surface area contributed by atoms with Gasteiger partial charge < -0.3 is 0 Å². The van der Waals surface area contributed by atoms with E-state index in [4.69, 9.17) is 0 Å². The van der Waals surface area contributed by atoms with Crippen molar-refractivity contribution in [3.63, 3.8) is 0 Å². The molecule has 0 fully saturated rings. The van der Waals surface area contributed by atoms with Crippen LogP contribution in [0.4, 0.5) is 4.39 Å². The van der Waals surface area contributed by atoms with E-state index in [9.17, 15) is 12.8 Å². The van der Waals surface area contributed by atoms with E-state index >= 15 is 0 Å². The lowest BCUT2D eigenvalue weighted by Crippen LogP contribution is -2.27. The summed E-state index contributed by atoms with van der Waals surface area (Å²) in [6.07, 6.45) is 0. The number of hydrogen-bond acceptors (Lipinski definition) is 2. The third-order valence-corrected chi connectivity index (χ3v) is 5.66. The minimum atomic E-state index is -3.70. The van der Waals surface area contributed by atoms with Crippen molar-refractivity contribution in [1.29, 1.82) is 0 Å². The van der Waals surface area contributed by atoms with Crippen molar-refractivity contribution in [2.75, 3.05) is 0 Å². The van der Waals surface area contributed by atoms with Crippen LogP contribution < -0.4 is 4.72 Å². The molecule has 5 heteroatoms. The summed E-state index contributed by atoms with van der Waals surface area (Å²) in [4.78, 5) is 0.0738. The first-order chi connectivity index (χ1) is 10.6. The summed E-state index contributed by atoms with van der Waals surface area (Å²) in [7, 11) is -3.70. The van der Waals surface area contributed by atoms with Crippen molar-refractivity contribution in [3.05, 3.63) is 64.0 Å². The molecule has 3 nitrogen and oxygen atoms in total. The van der Waals surface area contributed by atoms with E-state index in [0.29, 0.717) is 5.56 Å². The molecule has 0 aromatic heterocycles. The van der Waals surface area contributed by atoms with Crippen LogP contribution in [0, 0.1) is 33.5 Å². The van der Waals surface area contributed by atoms with E-state index in [1.165, 1.54) is 23.8 Å². The first-order valence-corrected chi connectivity index (χ1v) is 8.96. The Hall–Kier alpha value is -1.72. The molecule has 2 aromatic rings. The van der Waals surface area contributed by atoms with Crippen LogP contribution in [0.5, 0.6) is 0 Å². The lowest BCUT2D eigenvalue weighted by atomic mass is 9.97. The molecule has 0 bridgehead atoms. The fourth-order valence-corrected chi connectivity index (χ4v) is 3.91. The highest BCUT2D eigenvalue weighted by molar-refractivity contribution is 7.89. The molecule has 0 aliphatic carbocycles. The molecule has 0 spiro atoms. The van der Waals surface area contributed by atoms with Crippen LogP contribution >= 0.6 is 0 Å². The van der Waals surface area contributed by atoms with E-state index < -0.39 is 15.8 Å². The Balaban J connectivity index is 2.33. The molecular weight excluding hydrogens is 313 g/mol. The van der Waals surface area contributed by atoms with Gasteiger partial charge in [0.15, 0.2) is 0 Å². The fourth-order valence-electron chi connectivity index (χ4n) is 2.60. The minimum absolute atomic E-state index is 0.0738. The first kappa shape index (κ1) is 17.6. The molecule has 0 aliphatic rings. The van der Waals surface area contributed by atoms with Crippen molar-refractivity contribution < 1.29 is 12.8 Å². The van der Waals surface area contributed by atoms with E-state index in [-0.39, 0.29) is 10.9 Å². The van der Waals surface area contributed by atoms with E-state index in [0.717, 1.165) is 16.7 Å². The molecule has 2 rings (SSSR count). The third-order valence-electron chi connectivity index (χ3n) is 4.12. The van der Waals surface area contributed by atoms with Crippen molar-refractivity contribution in [1.82, 2.24) is 4.72 Å². The summed E-state index contributed by atoms with van der Waals surface area (Å²) in [6.45, 7) is 9.36. The standard InChI is InChI=1S/C18H22FNO2S/c1-11-8-13(3)17(10-12(11)2)15(5)20-23(21,22)16-6-7-18(19)14(4)9-16/h6-10,15,20H,1-5H3/t15-/m1/s1. The van der Waals surface area contributed by atoms with Gasteiger partial charge in [0.25, 0.3) is 0 Å². The molecule has 23 heavy (non-hydrogen) atoms. The Labute approximate surface area is 137 Å². The second-order valence-electron chi connectivity index (χ2n) is 6.05. The fraction of sp³-hybridized carbons (Fsp3) is 0.333. The van der Waals surface area contributed by atoms with Gasteiger partial charge in [-0.1, -0.05) is 12.1 Å². The normalized spacial score (nSPS) is 13.1. The quantitative estimate of drug-likeness (QED) is 0.914. The van der Waals surface area contributed by atoms with E-state index in [1.54, 1.807) is 6.92 Å². The van der Waals surface area contributed by atoms with Gasteiger partial charge in [-0.25, -0.2) is 17.5 Å². The van der Waals surface area contributed by atoms with Gasteiger partial charge in [0, 0.05) is 6.04 Å². The van der Waals surface area contributed by atoms with Gasteiger partial charge >= 0.3 is 0 Å². The van der Waals surface area contributed by atoms with Crippen molar-refractivity contribution in [3.8, 4) is 0 Å². The highest BCUT2D eigenvalue weighted by atomic mass is 32.2. The van der Waals surface area contributed by atoms with Gasteiger partial charge in [-0.05, 0) is 80.6 Å². The molecular formula is C18H22FNO2S. The lowest BCUT2D eigenvalue weighted by molar-refractivity contribution is 0.565. The monoisotopic (exact) mass is 335 g/mol. The molecule has 0 saturated heterocycles. The number of aryl methyl sites for hydroxylation is 4. The molecule has 1 N–H and O–H groups in total. The second-order valence-corrected chi connectivity index (χ2v) is 7.76. The summed E-state index contributed by atoms with van der Waals surface area (Å²) >= 11 is 0. The predicted octanol–water partition coefficient (Wildman–Crippen LogP) is 4.10. The zero-order valence-corrected chi connectivity index (χ0v) is 14.9. The van der Waals surface area contributed by atoms with Crippen LogP contribution in [0.2, 0.25) is 0 Å².